The van der Waals surface area contributed by atoms with Crippen molar-refractivity contribution in [3.8, 4) is 0 Å². The van der Waals surface area contributed by atoms with E-state index >= 15 is 0 Å². The van der Waals surface area contributed by atoms with E-state index in [1.807, 2.05) is 12.1 Å². The molecular weight excluding hydrogens is 305 g/mol. The first kappa shape index (κ1) is 15.0. The van der Waals surface area contributed by atoms with Crippen molar-refractivity contribution in [2.24, 2.45) is 5.92 Å². The van der Waals surface area contributed by atoms with Crippen molar-refractivity contribution in [3.05, 3.63) is 34.1 Å². The van der Waals surface area contributed by atoms with Crippen LogP contribution in [0.3, 0.4) is 0 Å². The summed E-state index contributed by atoms with van der Waals surface area (Å²) < 4.78 is 14.8. The van der Waals surface area contributed by atoms with E-state index in [0.717, 1.165) is 18.5 Å². The van der Waals surface area contributed by atoms with Gasteiger partial charge in [-0.3, -0.25) is 0 Å². The molecule has 1 fully saturated rings. The molecule has 2 unspecified atom stereocenters. The molecule has 2 rings (SSSR count). The second kappa shape index (κ2) is 5.92. The smallest absolute Gasteiger partial charge is 0.140 e. The average molecular weight is 328 g/mol. The Labute approximate surface area is 124 Å². The standard InChI is InChI=1S/C16H23BrFN/c1-16(2,3)19-10-11-6-4-7-12(11)13-8-5-9-14(17)15(13)18/h5,8-9,11-12,19H,4,6-7,10H2,1-3H3. The molecule has 3 heteroatoms. The maximum atomic E-state index is 14.2. The van der Waals surface area contributed by atoms with Crippen LogP contribution in [0.25, 0.3) is 0 Å². The van der Waals surface area contributed by atoms with Crippen LogP contribution in [0, 0.1) is 11.7 Å². The van der Waals surface area contributed by atoms with Crippen LogP contribution in [-0.2, 0) is 0 Å². The zero-order valence-electron chi connectivity index (χ0n) is 12.0. The highest BCUT2D eigenvalue weighted by Gasteiger charge is 2.31. The van der Waals surface area contributed by atoms with Crippen molar-refractivity contribution in [2.45, 2.75) is 51.5 Å². The third kappa shape index (κ3) is 3.79. The molecule has 0 saturated heterocycles. The summed E-state index contributed by atoms with van der Waals surface area (Å²) in [5, 5.41) is 3.56. The van der Waals surface area contributed by atoms with Crippen LogP contribution in [0.5, 0.6) is 0 Å². The van der Waals surface area contributed by atoms with Crippen LogP contribution in [0.2, 0.25) is 0 Å². The topological polar surface area (TPSA) is 12.0 Å². The Morgan fingerprint density at radius 2 is 2.05 bits per heavy atom. The van der Waals surface area contributed by atoms with Crippen LogP contribution in [0.1, 0.15) is 51.5 Å². The fourth-order valence-electron chi connectivity index (χ4n) is 2.93. The maximum Gasteiger partial charge on any atom is 0.140 e. The van der Waals surface area contributed by atoms with E-state index in [9.17, 15) is 4.39 Å². The van der Waals surface area contributed by atoms with Gasteiger partial charge in [0.25, 0.3) is 0 Å². The molecule has 1 aliphatic carbocycles. The lowest BCUT2D eigenvalue weighted by atomic mass is 9.88. The number of nitrogens with one attached hydrogen (secondary N) is 1. The lowest BCUT2D eigenvalue weighted by Crippen LogP contribution is -2.39. The zero-order valence-corrected chi connectivity index (χ0v) is 13.6. The normalized spacial score (nSPS) is 23.8. The first-order valence-corrected chi connectivity index (χ1v) is 7.87. The summed E-state index contributed by atoms with van der Waals surface area (Å²) in [7, 11) is 0. The molecular formula is C16H23BrFN. The van der Waals surface area contributed by atoms with E-state index in [2.05, 4.69) is 42.0 Å². The van der Waals surface area contributed by atoms with E-state index in [1.54, 1.807) is 6.07 Å². The largest absolute Gasteiger partial charge is 0.312 e. The predicted octanol–water partition coefficient (Wildman–Crippen LogP) is 4.86. The zero-order chi connectivity index (χ0) is 14.0. The van der Waals surface area contributed by atoms with E-state index in [1.165, 1.54) is 12.8 Å². The third-order valence-corrected chi connectivity index (χ3v) is 4.55. The minimum atomic E-state index is -0.0739. The van der Waals surface area contributed by atoms with Gasteiger partial charge in [-0.15, -0.1) is 0 Å². The average Bonchev–Trinajstić information content (AvgIpc) is 2.77. The summed E-state index contributed by atoms with van der Waals surface area (Å²) >= 11 is 3.29. The van der Waals surface area contributed by atoms with Crippen molar-refractivity contribution < 1.29 is 4.39 Å². The lowest BCUT2D eigenvalue weighted by Gasteiger charge is -2.27. The monoisotopic (exact) mass is 327 g/mol. The maximum absolute atomic E-state index is 14.2. The van der Waals surface area contributed by atoms with Gasteiger partial charge in [-0.05, 0) is 79.6 Å². The molecule has 0 bridgehead atoms. The van der Waals surface area contributed by atoms with Gasteiger partial charge < -0.3 is 5.32 Å². The second-order valence-corrected chi connectivity index (χ2v) is 7.43. The second-order valence-electron chi connectivity index (χ2n) is 6.57. The molecule has 19 heavy (non-hydrogen) atoms. The quantitative estimate of drug-likeness (QED) is 0.835. The summed E-state index contributed by atoms with van der Waals surface area (Å²) in [6.07, 6.45) is 3.50. The minimum Gasteiger partial charge on any atom is -0.312 e. The van der Waals surface area contributed by atoms with Crippen molar-refractivity contribution in [1.29, 1.82) is 0 Å². The molecule has 0 spiro atoms. The van der Waals surface area contributed by atoms with Crippen molar-refractivity contribution in [2.75, 3.05) is 6.54 Å². The number of benzene rings is 1. The highest BCUT2D eigenvalue weighted by atomic mass is 79.9. The molecule has 0 aliphatic heterocycles. The molecule has 0 radical (unpaired) electrons. The SMILES string of the molecule is CC(C)(C)NCC1CCCC1c1cccc(Br)c1F. The highest BCUT2D eigenvalue weighted by Crippen LogP contribution is 2.41. The summed E-state index contributed by atoms with van der Waals surface area (Å²) in [6.45, 7) is 7.50. The van der Waals surface area contributed by atoms with Gasteiger partial charge in [0.15, 0.2) is 0 Å². The van der Waals surface area contributed by atoms with Gasteiger partial charge >= 0.3 is 0 Å². The molecule has 1 aliphatic rings. The molecule has 1 saturated carbocycles. The minimum absolute atomic E-state index is 0.0739. The Kier molecular flexibility index (Phi) is 4.67. The number of rotatable bonds is 3. The molecule has 1 nitrogen and oxygen atoms in total. The molecule has 2 atom stereocenters. The molecule has 0 aromatic heterocycles. The summed E-state index contributed by atoms with van der Waals surface area (Å²) in [5.41, 5.74) is 1.01. The Bertz CT molecular complexity index is 439. The molecule has 1 aromatic carbocycles. The van der Waals surface area contributed by atoms with Gasteiger partial charge in [0.2, 0.25) is 0 Å². The van der Waals surface area contributed by atoms with Gasteiger partial charge in [-0.2, -0.15) is 0 Å². The summed E-state index contributed by atoms with van der Waals surface area (Å²) in [5.74, 6) is 0.825. The third-order valence-electron chi connectivity index (χ3n) is 3.93. The predicted molar refractivity (Wildman–Crippen MR) is 81.9 cm³/mol. The van der Waals surface area contributed by atoms with Crippen molar-refractivity contribution in [1.82, 2.24) is 5.32 Å². The summed E-state index contributed by atoms with van der Waals surface area (Å²) in [4.78, 5) is 0. The van der Waals surface area contributed by atoms with Gasteiger partial charge in [0, 0.05) is 5.54 Å². The van der Waals surface area contributed by atoms with Crippen LogP contribution in [0.15, 0.2) is 22.7 Å². The number of hydrogen-bond donors (Lipinski definition) is 1. The summed E-state index contributed by atoms with van der Waals surface area (Å²) in [6, 6.07) is 5.66. The number of halogens is 2. The van der Waals surface area contributed by atoms with Crippen LogP contribution < -0.4 is 5.32 Å². The van der Waals surface area contributed by atoms with Crippen molar-refractivity contribution in [3.63, 3.8) is 0 Å². The van der Waals surface area contributed by atoms with Gasteiger partial charge in [0.05, 0.1) is 4.47 Å². The number of hydrogen-bond acceptors (Lipinski definition) is 1. The van der Waals surface area contributed by atoms with E-state index in [-0.39, 0.29) is 11.4 Å². The molecule has 106 valence electrons. The Morgan fingerprint density at radius 3 is 2.74 bits per heavy atom. The fourth-order valence-corrected chi connectivity index (χ4v) is 3.32. The lowest BCUT2D eigenvalue weighted by molar-refractivity contribution is 0.353. The van der Waals surface area contributed by atoms with E-state index in [0.29, 0.717) is 16.3 Å². The van der Waals surface area contributed by atoms with Gasteiger partial charge in [0.1, 0.15) is 5.82 Å². The van der Waals surface area contributed by atoms with E-state index < -0.39 is 0 Å². The van der Waals surface area contributed by atoms with Gasteiger partial charge in [-0.1, -0.05) is 18.6 Å². The molecule has 0 amide bonds. The Hall–Kier alpha value is -0.410. The Morgan fingerprint density at radius 1 is 1.32 bits per heavy atom. The van der Waals surface area contributed by atoms with Crippen LogP contribution in [0.4, 0.5) is 4.39 Å². The Balaban J connectivity index is 2.12. The molecule has 1 N–H and O–H groups in total. The first-order chi connectivity index (χ1) is 8.88. The first-order valence-electron chi connectivity index (χ1n) is 7.07. The van der Waals surface area contributed by atoms with E-state index in [4.69, 9.17) is 0 Å². The van der Waals surface area contributed by atoms with Crippen LogP contribution in [-0.4, -0.2) is 12.1 Å². The van der Waals surface area contributed by atoms with Gasteiger partial charge in [-0.25, -0.2) is 4.39 Å². The fraction of sp³-hybridized carbons (Fsp3) is 0.625. The molecule has 1 aromatic rings. The molecule has 0 heterocycles. The van der Waals surface area contributed by atoms with Crippen molar-refractivity contribution >= 4 is 15.9 Å². The highest BCUT2D eigenvalue weighted by molar-refractivity contribution is 9.10. The van der Waals surface area contributed by atoms with Crippen LogP contribution >= 0.6 is 15.9 Å².